The number of fused-ring (bicyclic) bond motifs is 1. The number of benzene rings is 1. The third kappa shape index (κ3) is 3.59. The van der Waals surface area contributed by atoms with Gasteiger partial charge in [0.15, 0.2) is 0 Å². The largest absolute Gasteiger partial charge is 0.396 e. The van der Waals surface area contributed by atoms with Crippen LogP contribution in [0.5, 0.6) is 0 Å². The third-order valence-corrected chi connectivity index (χ3v) is 6.90. The van der Waals surface area contributed by atoms with Gasteiger partial charge in [-0.25, -0.2) is 0 Å². The van der Waals surface area contributed by atoms with Gasteiger partial charge in [0.25, 0.3) is 0 Å². The Morgan fingerprint density at radius 2 is 1.88 bits per heavy atom. The predicted octanol–water partition coefficient (Wildman–Crippen LogP) is 1.69. The Bertz CT molecular complexity index is 914. The summed E-state index contributed by atoms with van der Waals surface area (Å²) in [6.07, 6.45) is 1.48. The molecule has 3 N–H and O–H groups in total. The van der Waals surface area contributed by atoms with Gasteiger partial charge in [-0.15, -0.1) is 0 Å². The second-order valence-corrected chi connectivity index (χ2v) is 10.4. The van der Waals surface area contributed by atoms with E-state index in [2.05, 4.69) is 10.6 Å². The zero-order valence-corrected chi connectivity index (χ0v) is 19.2. The molecule has 0 radical (unpaired) electrons. The summed E-state index contributed by atoms with van der Waals surface area (Å²) in [7, 11) is 0. The summed E-state index contributed by atoms with van der Waals surface area (Å²) >= 11 is 0. The highest BCUT2D eigenvalue weighted by Gasteiger charge is 2.77. The average molecular weight is 444 g/mol. The molecule has 0 saturated carbocycles. The fourth-order valence-corrected chi connectivity index (χ4v) is 5.79. The van der Waals surface area contributed by atoms with Crippen molar-refractivity contribution < 1.29 is 24.2 Å². The standard InChI is InChI=1S/C24H33N3O5/c1-22(2,3)26-20(30)18-24-12-11-23(4,32-24)16(17(24)21(31)27(18)13-8-14-28)19(29)25-15-9-6-5-7-10-15/h5-7,9-10,16-18,28H,8,11-14H2,1-4H3,(H,25,29)(H,26,30)/t16-,17+,18?,23+,24?/m1/s1. The first kappa shape index (κ1) is 22.7. The normalized spacial score (nSPS) is 33.3. The number of amides is 3. The molecular weight excluding hydrogens is 410 g/mol. The van der Waals surface area contributed by atoms with E-state index in [0.29, 0.717) is 24.9 Å². The quantitative estimate of drug-likeness (QED) is 0.620. The lowest BCUT2D eigenvalue weighted by molar-refractivity contribution is -0.146. The number of nitrogens with one attached hydrogen (secondary N) is 2. The number of para-hydroxylation sites is 1. The Morgan fingerprint density at radius 3 is 2.50 bits per heavy atom. The van der Waals surface area contributed by atoms with E-state index in [1.54, 1.807) is 12.1 Å². The van der Waals surface area contributed by atoms with Gasteiger partial charge in [-0.2, -0.15) is 0 Å². The maximum absolute atomic E-state index is 13.7. The van der Waals surface area contributed by atoms with Gasteiger partial charge in [-0.3, -0.25) is 14.4 Å². The molecule has 0 aromatic heterocycles. The molecule has 3 amide bonds. The van der Waals surface area contributed by atoms with Crippen molar-refractivity contribution in [2.24, 2.45) is 11.8 Å². The van der Waals surface area contributed by atoms with Crippen molar-refractivity contribution in [3.63, 3.8) is 0 Å². The second kappa shape index (κ2) is 7.85. The lowest BCUT2D eigenvalue weighted by Crippen LogP contribution is -2.58. The van der Waals surface area contributed by atoms with Crippen LogP contribution in [-0.4, -0.2) is 63.7 Å². The van der Waals surface area contributed by atoms with Crippen LogP contribution in [0.1, 0.15) is 47.0 Å². The number of rotatable bonds is 6. The molecule has 174 valence electrons. The molecule has 3 fully saturated rings. The number of ether oxygens (including phenoxy) is 1. The lowest BCUT2D eigenvalue weighted by Gasteiger charge is -2.35. The van der Waals surface area contributed by atoms with Gasteiger partial charge in [0.1, 0.15) is 11.6 Å². The van der Waals surface area contributed by atoms with Crippen LogP contribution < -0.4 is 10.6 Å². The molecule has 1 aromatic carbocycles. The molecule has 3 aliphatic heterocycles. The van der Waals surface area contributed by atoms with Crippen molar-refractivity contribution in [1.82, 2.24) is 10.2 Å². The van der Waals surface area contributed by atoms with Gasteiger partial charge >= 0.3 is 0 Å². The van der Waals surface area contributed by atoms with Crippen LogP contribution in [0, 0.1) is 11.8 Å². The number of carbonyl (C=O) groups is 3. The number of aliphatic hydroxyl groups is 1. The first-order chi connectivity index (χ1) is 15.0. The third-order valence-electron chi connectivity index (χ3n) is 6.90. The molecule has 3 heterocycles. The van der Waals surface area contributed by atoms with Gasteiger partial charge in [0.2, 0.25) is 17.7 Å². The SMILES string of the molecule is CC(C)(C)NC(=O)C1N(CCCO)C(=O)[C@@H]2[C@H](C(=O)Nc3ccccc3)[C@]3(C)CCC12O3. The summed E-state index contributed by atoms with van der Waals surface area (Å²) in [6, 6.07) is 8.30. The van der Waals surface area contributed by atoms with Crippen molar-refractivity contribution in [3.05, 3.63) is 30.3 Å². The van der Waals surface area contributed by atoms with Gasteiger partial charge in [0, 0.05) is 24.4 Å². The van der Waals surface area contributed by atoms with Crippen LogP contribution in [0.4, 0.5) is 5.69 Å². The summed E-state index contributed by atoms with van der Waals surface area (Å²) < 4.78 is 6.53. The molecule has 4 rings (SSSR count). The first-order valence-electron chi connectivity index (χ1n) is 11.3. The van der Waals surface area contributed by atoms with Crippen molar-refractivity contribution in [3.8, 4) is 0 Å². The Labute approximate surface area is 188 Å². The van der Waals surface area contributed by atoms with Crippen molar-refractivity contribution >= 4 is 23.4 Å². The predicted molar refractivity (Wildman–Crippen MR) is 119 cm³/mol. The van der Waals surface area contributed by atoms with E-state index in [0.717, 1.165) is 0 Å². The van der Waals surface area contributed by atoms with E-state index in [1.165, 1.54) is 4.90 Å². The Kier molecular flexibility index (Phi) is 5.57. The van der Waals surface area contributed by atoms with Crippen LogP contribution >= 0.6 is 0 Å². The fraction of sp³-hybridized carbons (Fsp3) is 0.625. The van der Waals surface area contributed by atoms with Gasteiger partial charge < -0.3 is 25.4 Å². The highest BCUT2D eigenvalue weighted by molar-refractivity contribution is 6.02. The Balaban J connectivity index is 1.70. The number of hydrogen-bond donors (Lipinski definition) is 3. The maximum atomic E-state index is 13.7. The highest BCUT2D eigenvalue weighted by atomic mass is 16.5. The molecule has 3 saturated heterocycles. The number of hydrogen-bond acceptors (Lipinski definition) is 5. The summed E-state index contributed by atoms with van der Waals surface area (Å²) in [4.78, 5) is 42.0. The molecule has 0 aliphatic carbocycles. The number of aliphatic hydroxyl groups excluding tert-OH is 1. The van der Waals surface area contributed by atoms with Gasteiger partial charge in [-0.05, 0) is 59.1 Å². The van der Waals surface area contributed by atoms with E-state index in [-0.39, 0.29) is 30.9 Å². The molecular formula is C24H33N3O5. The van der Waals surface area contributed by atoms with Crippen LogP contribution in [0.3, 0.4) is 0 Å². The molecule has 2 bridgehead atoms. The topological polar surface area (TPSA) is 108 Å². The van der Waals surface area contributed by atoms with E-state index in [1.807, 2.05) is 45.9 Å². The molecule has 1 spiro atoms. The zero-order chi connectivity index (χ0) is 23.3. The van der Waals surface area contributed by atoms with Crippen LogP contribution in [-0.2, 0) is 19.1 Å². The van der Waals surface area contributed by atoms with Crippen LogP contribution in [0.2, 0.25) is 0 Å². The second-order valence-electron chi connectivity index (χ2n) is 10.4. The zero-order valence-electron chi connectivity index (χ0n) is 19.2. The molecule has 8 nitrogen and oxygen atoms in total. The molecule has 5 atom stereocenters. The molecule has 2 unspecified atom stereocenters. The maximum Gasteiger partial charge on any atom is 0.246 e. The summed E-state index contributed by atoms with van der Waals surface area (Å²) in [6.45, 7) is 7.69. The average Bonchev–Trinajstić information content (AvgIpc) is 3.26. The summed E-state index contributed by atoms with van der Waals surface area (Å²) in [5, 5.41) is 15.3. The number of nitrogens with zero attached hydrogens (tertiary/aromatic N) is 1. The van der Waals surface area contributed by atoms with Crippen LogP contribution in [0.15, 0.2) is 30.3 Å². The van der Waals surface area contributed by atoms with Gasteiger partial charge in [-0.1, -0.05) is 18.2 Å². The minimum Gasteiger partial charge on any atom is -0.396 e. The summed E-state index contributed by atoms with van der Waals surface area (Å²) in [5.41, 5.74) is -1.69. The molecule has 1 aromatic rings. The number of likely N-dealkylation sites (tertiary alicyclic amines) is 1. The van der Waals surface area contributed by atoms with E-state index < -0.39 is 34.6 Å². The lowest BCUT2D eigenvalue weighted by atomic mass is 9.66. The van der Waals surface area contributed by atoms with E-state index in [9.17, 15) is 19.5 Å². The van der Waals surface area contributed by atoms with E-state index >= 15 is 0 Å². The Hall–Kier alpha value is -2.45. The fourth-order valence-electron chi connectivity index (χ4n) is 5.79. The van der Waals surface area contributed by atoms with E-state index in [4.69, 9.17) is 4.74 Å². The minimum absolute atomic E-state index is 0.0917. The summed E-state index contributed by atoms with van der Waals surface area (Å²) in [5.74, 6) is -2.23. The smallest absolute Gasteiger partial charge is 0.246 e. The highest BCUT2D eigenvalue weighted by Crippen LogP contribution is 2.63. The molecule has 32 heavy (non-hydrogen) atoms. The van der Waals surface area contributed by atoms with Crippen molar-refractivity contribution in [2.45, 2.75) is 69.7 Å². The molecule has 8 heteroatoms. The van der Waals surface area contributed by atoms with Crippen LogP contribution in [0.25, 0.3) is 0 Å². The van der Waals surface area contributed by atoms with Gasteiger partial charge in [0.05, 0.1) is 17.4 Å². The Morgan fingerprint density at radius 1 is 1.19 bits per heavy atom. The minimum atomic E-state index is -1.05. The monoisotopic (exact) mass is 443 g/mol. The number of carbonyl (C=O) groups excluding carboxylic acids is 3. The number of anilines is 1. The first-order valence-corrected chi connectivity index (χ1v) is 11.3. The van der Waals surface area contributed by atoms with Crippen molar-refractivity contribution in [1.29, 1.82) is 0 Å². The molecule has 3 aliphatic rings. The van der Waals surface area contributed by atoms with Crippen molar-refractivity contribution in [2.75, 3.05) is 18.5 Å².